The third-order valence-corrected chi connectivity index (χ3v) is 3.28. The first-order valence-corrected chi connectivity index (χ1v) is 6.51. The van der Waals surface area contributed by atoms with Gasteiger partial charge in [0.1, 0.15) is 18.6 Å². The first kappa shape index (κ1) is 14.2. The van der Waals surface area contributed by atoms with Gasteiger partial charge in [0, 0.05) is 11.6 Å². The highest BCUT2D eigenvalue weighted by atomic mass is 79.9. The van der Waals surface area contributed by atoms with Crippen molar-refractivity contribution in [2.45, 2.75) is 6.61 Å². The van der Waals surface area contributed by atoms with E-state index >= 15 is 0 Å². The molecule has 0 aliphatic carbocycles. The molecule has 0 N–H and O–H groups in total. The Balaban J connectivity index is 2.17. The van der Waals surface area contributed by atoms with Crippen LogP contribution in [0.2, 0.25) is 0 Å². The van der Waals surface area contributed by atoms with Crippen molar-refractivity contribution in [3.05, 3.63) is 68.2 Å². The van der Waals surface area contributed by atoms with Crippen LogP contribution in [0.1, 0.15) is 15.9 Å². The SMILES string of the molecule is O=Cc1ccc(OCc2ccccc2[N+](=O)[O-])c(Br)c1. The molecule has 0 radical (unpaired) electrons. The zero-order valence-electron chi connectivity index (χ0n) is 10.3. The molecule has 2 aromatic carbocycles. The minimum atomic E-state index is -0.441. The number of hydrogen-bond acceptors (Lipinski definition) is 4. The molecule has 0 fully saturated rings. The van der Waals surface area contributed by atoms with E-state index in [4.69, 9.17) is 4.74 Å². The molecule has 0 spiro atoms. The predicted molar refractivity (Wildman–Crippen MR) is 77.0 cm³/mol. The van der Waals surface area contributed by atoms with Gasteiger partial charge in [0.05, 0.1) is 15.0 Å². The second-order valence-electron chi connectivity index (χ2n) is 3.98. The Hall–Kier alpha value is -2.21. The number of benzene rings is 2. The average molecular weight is 336 g/mol. The second kappa shape index (κ2) is 6.29. The summed E-state index contributed by atoms with van der Waals surface area (Å²) in [6.07, 6.45) is 0.733. The van der Waals surface area contributed by atoms with Crippen molar-refractivity contribution in [1.82, 2.24) is 0 Å². The quantitative estimate of drug-likeness (QED) is 0.474. The van der Waals surface area contributed by atoms with Crippen molar-refractivity contribution < 1.29 is 14.5 Å². The molecule has 0 aliphatic rings. The fraction of sp³-hybridized carbons (Fsp3) is 0.0714. The fourth-order valence-electron chi connectivity index (χ4n) is 1.67. The van der Waals surface area contributed by atoms with Gasteiger partial charge in [-0.1, -0.05) is 12.1 Å². The summed E-state index contributed by atoms with van der Waals surface area (Å²) in [5.74, 6) is 0.522. The monoisotopic (exact) mass is 335 g/mol. The van der Waals surface area contributed by atoms with Crippen LogP contribution in [0.4, 0.5) is 5.69 Å². The van der Waals surface area contributed by atoms with Crippen LogP contribution in [0.15, 0.2) is 46.9 Å². The fourth-order valence-corrected chi connectivity index (χ4v) is 2.18. The van der Waals surface area contributed by atoms with Gasteiger partial charge < -0.3 is 4.74 Å². The van der Waals surface area contributed by atoms with E-state index in [0.717, 1.165) is 6.29 Å². The van der Waals surface area contributed by atoms with Crippen molar-refractivity contribution in [3.8, 4) is 5.75 Å². The minimum Gasteiger partial charge on any atom is -0.487 e. The van der Waals surface area contributed by atoms with Crippen molar-refractivity contribution >= 4 is 27.9 Å². The third-order valence-electron chi connectivity index (χ3n) is 2.66. The molecule has 0 saturated heterocycles. The summed E-state index contributed by atoms with van der Waals surface area (Å²) in [4.78, 5) is 21.1. The summed E-state index contributed by atoms with van der Waals surface area (Å²) in [6.45, 7) is 0.0796. The van der Waals surface area contributed by atoms with Crippen LogP contribution >= 0.6 is 15.9 Å². The Labute approximate surface area is 123 Å². The van der Waals surface area contributed by atoms with E-state index in [2.05, 4.69) is 15.9 Å². The maximum absolute atomic E-state index is 10.9. The van der Waals surface area contributed by atoms with Crippen LogP contribution in [0.3, 0.4) is 0 Å². The van der Waals surface area contributed by atoms with Gasteiger partial charge in [-0.05, 0) is 40.2 Å². The van der Waals surface area contributed by atoms with Crippen LogP contribution < -0.4 is 4.74 Å². The van der Waals surface area contributed by atoms with E-state index < -0.39 is 4.92 Å². The molecule has 0 heterocycles. The molecule has 20 heavy (non-hydrogen) atoms. The zero-order chi connectivity index (χ0) is 14.5. The topological polar surface area (TPSA) is 69.4 Å². The average Bonchev–Trinajstić information content (AvgIpc) is 2.46. The number of carbonyl (C=O) groups excluding carboxylic acids is 1. The summed E-state index contributed by atoms with van der Waals surface area (Å²) in [7, 11) is 0. The number of carbonyl (C=O) groups is 1. The molecule has 0 atom stereocenters. The maximum Gasteiger partial charge on any atom is 0.276 e. The van der Waals surface area contributed by atoms with E-state index in [1.165, 1.54) is 6.07 Å². The zero-order valence-corrected chi connectivity index (χ0v) is 11.9. The normalized spacial score (nSPS) is 10.1. The number of nitro benzene ring substituents is 1. The summed E-state index contributed by atoms with van der Waals surface area (Å²) < 4.78 is 6.17. The second-order valence-corrected chi connectivity index (χ2v) is 4.84. The molecule has 0 saturated carbocycles. The van der Waals surface area contributed by atoms with Gasteiger partial charge in [-0.3, -0.25) is 14.9 Å². The first-order valence-electron chi connectivity index (χ1n) is 5.71. The smallest absolute Gasteiger partial charge is 0.276 e. The molecule has 2 aromatic rings. The number of ether oxygens (including phenoxy) is 1. The Morgan fingerprint density at radius 1 is 1.25 bits per heavy atom. The lowest BCUT2D eigenvalue weighted by Gasteiger charge is -2.08. The maximum atomic E-state index is 10.9. The molecule has 102 valence electrons. The van der Waals surface area contributed by atoms with Crippen molar-refractivity contribution in [2.75, 3.05) is 0 Å². The Kier molecular flexibility index (Phi) is 4.47. The van der Waals surface area contributed by atoms with E-state index in [1.807, 2.05) is 0 Å². The summed E-state index contributed by atoms with van der Waals surface area (Å²) in [5.41, 5.74) is 1.03. The first-order chi connectivity index (χ1) is 9.61. The largest absolute Gasteiger partial charge is 0.487 e. The van der Waals surface area contributed by atoms with Gasteiger partial charge in [-0.15, -0.1) is 0 Å². The van der Waals surface area contributed by atoms with Crippen molar-refractivity contribution in [1.29, 1.82) is 0 Å². The Bertz CT molecular complexity index is 657. The molecule has 0 aromatic heterocycles. The molecule has 6 heteroatoms. The lowest BCUT2D eigenvalue weighted by Crippen LogP contribution is -2.01. The standard InChI is InChI=1S/C14H10BrNO4/c15-12-7-10(8-17)5-6-14(12)20-9-11-3-1-2-4-13(11)16(18)19/h1-8H,9H2. The summed E-state index contributed by atoms with van der Waals surface area (Å²) in [5, 5.41) is 10.9. The summed E-state index contributed by atoms with van der Waals surface area (Å²) in [6, 6.07) is 11.3. The molecule has 0 unspecified atom stereocenters. The molecular formula is C14H10BrNO4. The minimum absolute atomic E-state index is 0.0214. The van der Waals surface area contributed by atoms with Gasteiger partial charge >= 0.3 is 0 Å². The van der Waals surface area contributed by atoms with Gasteiger partial charge in [0.25, 0.3) is 5.69 Å². The molecule has 5 nitrogen and oxygen atoms in total. The van der Waals surface area contributed by atoms with E-state index in [-0.39, 0.29) is 12.3 Å². The number of aldehydes is 1. The van der Waals surface area contributed by atoms with Crippen LogP contribution in [0.25, 0.3) is 0 Å². The lowest BCUT2D eigenvalue weighted by atomic mass is 10.2. The molecular weight excluding hydrogens is 326 g/mol. The third kappa shape index (κ3) is 3.21. The van der Waals surface area contributed by atoms with E-state index in [9.17, 15) is 14.9 Å². The Morgan fingerprint density at radius 3 is 2.65 bits per heavy atom. The van der Waals surface area contributed by atoms with Gasteiger partial charge in [-0.2, -0.15) is 0 Å². The Morgan fingerprint density at radius 2 is 2.00 bits per heavy atom. The van der Waals surface area contributed by atoms with Crippen LogP contribution in [-0.2, 0) is 6.61 Å². The molecule has 2 rings (SSSR count). The highest BCUT2D eigenvalue weighted by molar-refractivity contribution is 9.10. The lowest BCUT2D eigenvalue weighted by molar-refractivity contribution is -0.385. The highest BCUT2D eigenvalue weighted by Gasteiger charge is 2.13. The van der Waals surface area contributed by atoms with E-state index in [1.54, 1.807) is 36.4 Å². The number of nitro groups is 1. The van der Waals surface area contributed by atoms with E-state index in [0.29, 0.717) is 21.3 Å². The van der Waals surface area contributed by atoms with Crippen LogP contribution in [-0.4, -0.2) is 11.2 Å². The van der Waals surface area contributed by atoms with Gasteiger partial charge in [0.2, 0.25) is 0 Å². The van der Waals surface area contributed by atoms with Crippen LogP contribution in [0, 0.1) is 10.1 Å². The number of para-hydroxylation sites is 1. The van der Waals surface area contributed by atoms with Crippen molar-refractivity contribution in [3.63, 3.8) is 0 Å². The molecule has 0 amide bonds. The number of nitrogens with zero attached hydrogens (tertiary/aromatic N) is 1. The number of rotatable bonds is 5. The predicted octanol–water partition coefficient (Wildman–Crippen LogP) is 3.75. The summed E-state index contributed by atoms with van der Waals surface area (Å²) >= 11 is 3.29. The number of halogens is 1. The highest BCUT2D eigenvalue weighted by Crippen LogP contribution is 2.27. The molecule has 0 bridgehead atoms. The van der Waals surface area contributed by atoms with Crippen LogP contribution in [0.5, 0.6) is 5.75 Å². The van der Waals surface area contributed by atoms with Crippen molar-refractivity contribution in [2.24, 2.45) is 0 Å². The van der Waals surface area contributed by atoms with Gasteiger partial charge in [0.15, 0.2) is 0 Å². The number of hydrogen-bond donors (Lipinski definition) is 0. The van der Waals surface area contributed by atoms with Gasteiger partial charge in [-0.25, -0.2) is 0 Å². The molecule has 0 aliphatic heterocycles.